The number of hydrogen-bond donors (Lipinski definition) is 2. The monoisotopic (exact) mass is 294 g/mol. The van der Waals surface area contributed by atoms with E-state index >= 15 is 0 Å². The number of rotatable bonds is 2. The number of urea groups is 1. The highest BCUT2D eigenvalue weighted by Crippen LogP contribution is 2.24. The van der Waals surface area contributed by atoms with Crippen molar-refractivity contribution in [3.8, 4) is 0 Å². The van der Waals surface area contributed by atoms with E-state index < -0.39 is 0 Å². The summed E-state index contributed by atoms with van der Waals surface area (Å²) in [6.07, 6.45) is 1.11. The van der Waals surface area contributed by atoms with E-state index in [1.54, 1.807) is 18.0 Å². The number of anilines is 1. The van der Waals surface area contributed by atoms with E-state index in [1.165, 1.54) is 0 Å². The van der Waals surface area contributed by atoms with Crippen molar-refractivity contribution in [2.24, 2.45) is 0 Å². The maximum absolute atomic E-state index is 11.9. The molecule has 0 aromatic carbocycles. The van der Waals surface area contributed by atoms with Crippen LogP contribution in [-0.4, -0.2) is 41.6 Å². The predicted octanol–water partition coefficient (Wildman–Crippen LogP) is 1.71. The minimum atomic E-state index is -0.337. The Labute approximate surface area is 124 Å². The van der Waals surface area contributed by atoms with E-state index in [0.717, 1.165) is 0 Å². The molecule has 1 fully saturated rings. The maximum atomic E-state index is 11.9. The molecule has 1 aliphatic rings. The Kier molecular flexibility index (Phi) is 4.20. The van der Waals surface area contributed by atoms with Crippen LogP contribution in [0.25, 0.3) is 0 Å². The Morgan fingerprint density at radius 2 is 2.19 bits per heavy atom. The molecule has 1 aliphatic heterocycles. The van der Waals surface area contributed by atoms with Crippen molar-refractivity contribution in [3.63, 3.8) is 0 Å². The Morgan fingerprint density at radius 1 is 1.48 bits per heavy atom. The lowest BCUT2D eigenvalue weighted by molar-refractivity contribution is -0.132. The second-order valence-corrected chi connectivity index (χ2v) is 6.43. The first-order valence-corrected chi connectivity index (χ1v) is 7.04. The average molecular weight is 294 g/mol. The Balaban J connectivity index is 1.87. The van der Waals surface area contributed by atoms with Crippen LogP contribution in [0.1, 0.15) is 39.4 Å². The summed E-state index contributed by atoms with van der Waals surface area (Å²) >= 11 is 0. The summed E-state index contributed by atoms with van der Waals surface area (Å²) in [7, 11) is 1.74. The minimum absolute atomic E-state index is 0.0401. The number of likely N-dealkylation sites (N-methyl/N-ethyl adjacent to an activating group) is 1. The smallest absolute Gasteiger partial charge is 0.320 e. The standard InChI is InChI=1S/C14H22N4O3/c1-14(2,3)10-7-11(17-21-10)16-13(20)15-9-5-6-12(19)18(4)8-9/h7,9H,5-6,8H2,1-4H3,(H2,15,16,17,20)/t9-/m1/s1. The van der Waals surface area contributed by atoms with Crippen molar-refractivity contribution >= 4 is 17.8 Å². The van der Waals surface area contributed by atoms with Crippen molar-refractivity contribution in [2.75, 3.05) is 18.9 Å². The average Bonchev–Trinajstić information content (AvgIpc) is 2.82. The quantitative estimate of drug-likeness (QED) is 0.869. The number of likely N-dealkylation sites (tertiary alicyclic amines) is 1. The number of carbonyl (C=O) groups excluding carboxylic acids is 2. The highest BCUT2D eigenvalue weighted by molar-refractivity contribution is 5.88. The van der Waals surface area contributed by atoms with Gasteiger partial charge in [0.2, 0.25) is 5.91 Å². The third kappa shape index (κ3) is 3.96. The van der Waals surface area contributed by atoms with E-state index in [2.05, 4.69) is 15.8 Å². The van der Waals surface area contributed by atoms with Gasteiger partial charge in [0.05, 0.1) is 0 Å². The van der Waals surface area contributed by atoms with Crippen LogP contribution in [0.15, 0.2) is 10.6 Å². The van der Waals surface area contributed by atoms with E-state index in [4.69, 9.17) is 4.52 Å². The molecule has 1 aromatic rings. The van der Waals surface area contributed by atoms with E-state index in [-0.39, 0.29) is 23.4 Å². The molecule has 0 aliphatic carbocycles. The summed E-state index contributed by atoms with van der Waals surface area (Å²) in [4.78, 5) is 24.9. The van der Waals surface area contributed by atoms with Gasteiger partial charge < -0.3 is 14.7 Å². The fourth-order valence-electron chi connectivity index (χ4n) is 2.16. The van der Waals surface area contributed by atoms with Crippen LogP contribution in [0.3, 0.4) is 0 Å². The summed E-state index contributed by atoms with van der Waals surface area (Å²) < 4.78 is 5.21. The molecule has 1 aromatic heterocycles. The van der Waals surface area contributed by atoms with Gasteiger partial charge in [-0.2, -0.15) is 0 Å². The molecule has 7 heteroatoms. The lowest BCUT2D eigenvalue weighted by Gasteiger charge is -2.29. The first kappa shape index (κ1) is 15.3. The molecule has 2 N–H and O–H groups in total. The zero-order valence-electron chi connectivity index (χ0n) is 12.9. The van der Waals surface area contributed by atoms with Gasteiger partial charge in [-0.05, 0) is 6.42 Å². The van der Waals surface area contributed by atoms with Gasteiger partial charge in [0.1, 0.15) is 5.76 Å². The first-order valence-electron chi connectivity index (χ1n) is 7.04. The molecular formula is C14H22N4O3. The van der Waals surface area contributed by atoms with E-state index in [1.807, 2.05) is 20.8 Å². The molecule has 1 atom stereocenters. The molecule has 2 rings (SSSR count). The second kappa shape index (κ2) is 5.75. The van der Waals surface area contributed by atoms with Crippen molar-refractivity contribution in [3.05, 3.63) is 11.8 Å². The molecule has 0 unspecified atom stereocenters. The normalized spacial score (nSPS) is 19.5. The van der Waals surface area contributed by atoms with Gasteiger partial charge in [-0.25, -0.2) is 4.79 Å². The van der Waals surface area contributed by atoms with Gasteiger partial charge >= 0.3 is 6.03 Å². The van der Waals surface area contributed by atoms with Gasteiger partial charge in [0.25, 0.3) is 0 Å². The number of carbonyl (C=O) groups is 2. The summed E-state index contributed by atoms with van der Waals surface area (Å²) in [5.41, 5.74) is -0.157. The molecular weight excluding hydrogens is 272 g/mol. The largest absolute Gasteiger partial charge is 0.359 e. The Morgan fingerprint density at radius 3 is 2.76 bits per heavy atom. The number of hydrogen-bond acceptors (Lipinski definition) is 4. The highest BCUT2D eigenvalue weighted by atomic mass is 16.5. The summed E-state index contributed by atoms with van der Waals surface area (Å²) in [6, 6.07) is 1.34. The van der Waals surface area contributed by atoms with Crippen LogP contribution in [-0.2, 0) is 10.2 Å². The van der Waals surface area contributed by atoms with Crippen LogP contribution >= 0.6 is 0 Å². The third-order valence-corrected chi connectivity index (χ3v) is 3.45. The molecule has 0 spiro atoms. The van der Waals surface area contributed by atoms with Gasteiger partial charge in [-0.15, -0.1) is 0 Å². The zero-order valence-corrected chi connectivity index (χ0v) is 12.9. The zero-order chi connectivity index (χ0) is 15.6. The second-order valence-electron chi connectivity index (χ2n) is 6.43. The predicted molar refractivity (Wildman–Crippen MR) is 78.0 cm³/mol. The molecule has 116 valence electrons. The fourth-order valence-corrected chi connectivity index (χ4v) is 2.16. The Bertz CT molecular complexity index is 533. The van der Waals surface area contributed by atoms with Crippen LogP contribution in [0.5, 0.6) is 0 Å². The van der Waals surface area contributed by atoms with Crippen LogP contribution in [0.4, 0.5) is 10.6 Å². The van der Waals surface area contributed by atoms with Crippen LogP contribution in [0.2, 0.25) is 0 Å². The van der Waals surface area contributed by atoms with Gasteiger partial charge in [-0.3, -0.25) is 10.1 Å². The molecule has 0 bridgehead atoms. The van der Waals surface area contributed by atoms with Gasteiger partial charge in [-0.1, -0.05) is 25.9 Å². The lowest BCUT2D eigenvalue weighted by atomic mass is 9.93. The molecule has 0 radical (unpaired) electrons. The van der Waals surface area contributed by atoms with Crippen LogP contribution in [0, 0.1) is 0 Å². The fraction of sp³-hybridized carbons (Fsp3) is 0.643. The molecule has 2 heterocycles. The highest BCUT2D eigenvalue weighted by Gasteiger charge is 2.25. The van der Waals surface area contributed by atoms with Crippen molar-refractivity contribution in [2.45, 2.75) is 45.1 Å². The summed E-state index contributed by atoms with van der Waals surface area (Å²) in [6.45, 7) is 6.54. The summed E-state index contributed by atoms with van der Waals surface area (Å²) in [5, 5.41) is 9.32. The topological polar surface area (TPSA) is 87.5 Å². The van der Waals surface area contributed by atoms with Crippen molar-refractivity contribution in [1.29, 1.82) is 0 Å². The molecule has 7 nitrogen and oxygen atoms in total. The molecule has 3 amide bonds. The number of piperidine rings is 1. The molecule has 1 saturated heterocycles. The lowest BCUT2D eigenvalue weighted by Crippen LogP contribution is -2.49. The Hall–Kier alpha value is -2.05. The first-order chi connectivity index (χ1) is 9.75. The maximum Gasteiger partial charge on any atom is 0.320 e. The van der Waals surface area contributed by atoms with Crippen molar-refractivity contribution < 1.29 is 14.1 Å². The van der Waals surface area contributed by atoms with E-state index in [9.17, 15) is 9.59 Å². The number of nitrogens with one attached hydrogen (secondary N) is 2. The summed E-state index contributed by atoms with van der Waals surface area (Å²) in [5.74, 6) is 1.21. The minimum Gasteiger partial charge on any atom is -0.359 e. The van der Waals surface area contributed by atoms with Crippen molar-refractivity contribution in [1.82, 2.24) is 15.4 Å². The van der Waals surface area contributed by atoms with Crippen LogP contribution < -0.4 is 10.6 Å². The molecule has 21 heavy (non-hydrogen) atoms. The van der Waals surface area contributed by atoms with Gasteiger partial charge in [0.15, 0.2) is 5.82 Å². The SMILES string of the molecule is CN1C[C@H](NC(=O)Nc2cc(C(C)(C)C)on2)CCC1=O. The molecule has 0 saturated carbocycles. The third-order valence-electron chi connectivity index (χ3n) is 3.45. The number of nitrogens with zero attached hydrogens (tertiary/aromatic N) is 2. The van der Waals surface area contributed by atoms with E-state index in [0.29, 0.717) is 31.0 Å². The number of aromatic nitrogens is 1. The number of amides is 3. The van der Waals surface area contributed by atoms with Gasteiger partial charge in [0, 0.05) is 37.5 Å².